The Morgan fingerprint density at radius 2 is 1.87 bits per heavy atom. The summed E-state index contributed by atoms with van der Waals surface area (Å²) in [6.07, 6.45) is 2.23. The SMILES string of the molecule is N#Cc1c(Cl)nc(NC2CC2)nc1-c1cccc2ccccc12. The number of anilines is 1. The van der Waals surface area contributed by atoms with Gasteiger partial charge in [0.05, 0.1) is 5.69 Å². The first-order valence-corrected chi connectivity index (χ1v) is 7.86. The normalized spacial score (nSPS) is 13.7. The molecule has 0 bridgehead atoms. The summed E-state index contributed by atoms with van der Waals surface area (Å²) in [5.41, 5.74) is 1.78. The van der Waals surface area contributed by atoms with Gasteiger partial charge in [0.1, 0.15) is 11.6 Å². The molecule has 1 N–H and O–H groups in total. The van der Waals surface area contributed by atoms with Crippen molar-refractivity contribution in [1.82, 2.24) is 9.97 Å². The van der Waals surface area contributed by atoms with Gasteiger partial charge in [-0.1, -0.05) is 54.1 Å². The summed E-state index contributed by atoms with van der Waals surface area (Å²) in [5, 5.41) is 15.1. The van der Waals surface area contributed by atoms with Crippen LogP contribution in [0.25, 0.3) is 22.0 Å². The van der Waals surface area contributed by atoms with Crippen molar-refractivity contribution in [1.29, 1.82) is 5.26 Å². The first-order chi connectivity index (χ1) is 11.3. The number of hydrogen-bond donors (Lipinski definition) is 1. The Balaban J connectivity index is 1.95. The molecule has 2 aromatic carbocycles. The topological polar surface area (TPSA) is 61.6 Å². The Kier molecular flexibility index (Phi) is 3.36. The highest BCUT2D eigenvalue weighted by Gasteiger charge is 2.24. The van der Waals surface area contributed by atoms with Crippen molar-refractivity contribution >= 4 is 28.3 Å². The van der Waals surface area contributed by atoms with Crippen LogP contribution in [0.4, 0.5) is 5.95 Å². The highest BCUT2D eigenvalue weighted by atomic mass is 35.5. The van der Waals surface area contributed by atoms with Crippen LogP contribution in [0.2, 0.25) is 5.15 Å². The number of halogens is 1. The monoisotopic (exact) mass is 320 g/mol. The van der Waals surface area contributed by atoms with Gasteiger partial charge in [0.2, 0.25) is 5.95 Å². The maximum Gasteiger partial charge on any atom is 0.224 e. The van der Waals surface area contributed by atoms with Crippen LogP contribution in [0.1, 0.15) is 18.4 Å². The molecule has 3 aromatic rings. The van der Waals surface area contributed by atoms with Crippen LogP contribution >= 0.6 is 11.6 Å². The summed E-state index contributed by atoms with van der Waals surface area (Å²) >= 11 is 6.23. The molecule has 0 unspecified atom stereocenters. The zero-order valence-electron chi connectivity index (χ0n) is 12.3. The van der Waals surface area contributed by atoms with Crippen LogP contribution < -0.4 is 5.32 Å². The van der Waals surface area contributed by atoms with E-state index in [9.17, 15) is 5.26 Å². The number of nitrogens with zero attached hydrogens (tertiary/aromatic N) is 3. The number of nitrogens with one attached hydrogen (secondary N) is 1. The highest BCUT2D eigenvalue weighted by Crippen LogP contribution is 2.33. The molecule has 23 heavy (non-hydrogen) atoms. The Bertz CT molecular complexity index is 936. The van der Waals surface area contributed by atoms with Crippen molar-refractivity contribution < 1.29 is 0 Å². The third-order valence-electron chi connectivity index (χ3n) is 3.93. The number of benzene rings is 2. The molecule has 1 heterocycles. The van der Waals surface area contributed by atoms with Crippen molar-refractivity contribution in [2.45, 2.75) is 18.9 Å². The molecule has 112 valence electrons. The quantitative estimate of drug-likeness (QED) is 0.727. The van der Waals surface area contributed by atoms with E-state index < -0.39 is 0 Å². The minimum Gasteiger partial charge on any atom is -0.351 e. The molecule has 0 amide bonds. The van der Waals surface area contributed by atoms with Crippen molar-refractivity contribution in [3.05, 3.63) is 53.2 Å². The molecule has 0 atom stereocenters. The van der Waals surface area contributed by atoms with Crippen LogP contribution in [0.15, 0.2) is 42.5 Å². The molecular formula is C18H13ClN4. The molecule has 5 heteroatoms. The number of hydrogen-bond acceptors (Lipinski definition) is 4. The van der Waals surface area contributed by atoms with Crippen LogP contribution in [0.3, 0.4) is 0 Å². The van der Waals surface area contributed by atoms with Gasteiger partial charge in [-0.3, -0.25) is 0 Å². The van der Waals surface area contributed by atoms with E-state index in [1.165, 1.54) is 0 Å². The standard InChI is InChI=1S/C18H13ClN4/c19-17-15(10-20)16(22-18(23-17)21-12-8-9-12)14-7-3-5-11-4-1-2-6-13(11)14/h1-7,12H,8-9H2,(H,21,22,23). The Labute approximate surface area is 138 Å². The summed E-state index contributed by atoms with van der Waals surface area (Å²) in [4.78, 5) is 8.79. The number of fused-ring (bicyclic) bond motifs is 1. The molecule has 1 aliphatic rings. The lowest BCUT2D eigenvalue weighted by Crippen LogP contribution is -2.07. The Morgan fingerprint density at radius 3 is 2.65 bits per heavy atom. The van der Waals surface area contributed by atoms with Gasteiger partial charge in [-0.15, -0.1) is 0 Å². The van der Waals surface area contributed by atoms with Gasteiger partial charge in [-0.25, -0.2) is 4.98 Å². The van der Waals surface area contributed by atoms with Crippen molar-refractivity contribution in [3.8, 4) is 17.3 Å². The van der Waals surface area contributed by atoms with Crippen LogP contribution in [0.5, 0.6) is 0 Å². The van der Waals surface area contributed by atoms with Gasteiger partial charge in [0, 0.05) is 11.6 Å². The fraction of sp³-hybridized carbons (Fsp3) is 0.167. The van der Waals surface area contributed by atoms with E-state index in [1.54, 1.807) is 0 Å². The fourth-order valence-electron chi connectivity index (χ4n) is 2.63. The van der Waals surface area contributed by atoms with Crippen LogP contribution in [-0.4, -0.2) is 16.0 Å². The second kappa shape index (κ2) is 5.53. The average Bonchev–Trinajstić information content (AvgIpc) is 3.38. The summed E-state index contributed by atoms with van der Waals surface area (Å²) in [5.74, 6) is 0.486. The average molecular weight is 321 g/mol. The maximum atomic E-state index is 9.48. The van der Waals surface area contributed by atoms with Crippen molar-refractivity contribution in [2.24, 2.45) is 0 Å². The second-order valence-electron chi connectivity index (χ2n) is 5.62. The lowest BCUT2D eigenvalue weighted by atomic mass is 10.00. The Hall–Kier alpha value is -2.64. The molecular weight excluding hydrogens is 308 g/mol. The zero-order valence-corrected chi connectivity index (χ0v) is 13.0. The third-order valence-corrected chi connectivity index (χ3v) is 4.21. The third kappa shape index (κ3) is 2.60. The number of aromatic nitrogens is 2. The summed E-state index contributed by atoms with van der Waals surface area (Å²) in [6.45, 7) is 0. The van der Waals surface area contributed by atoms with E-state index in [0.717, 1.165) is 29.2 Å². The van der Waals surface area contributed by atoms with E-state index >= 15 is 0 Å². The Morgan fingerprint density at radius 1 is 1.09 bits per heavy atom. The summed E-state index contributed by atoms with van der Waals surface area (Å²) in [7, 11) is 0. The van der Waals surface area contributed by atoms with Gasteiger partial charge in [0.25, 0.3) is 0 Å². The van der Waals surface area contributed by atoms with Gasteiger partial charge < -0.3 is 5.32 Å². The zero-order chi connectivity index (χ0) is 15.8. The molecule has 4 nitrogen and oxygen atoms in total. The van der Waals surface area contributed by atoms with E-state index in [0.29, 0.717) is 23.2 Å². The smallest absolute Gasteiger partial charge is 0.224 e. The molecule has 1 saturated carbocycles. The first kappa shape index (κ1) is 14.0. The molecule has 0 radical (unpaired) electrons. The van der Waals surface area contributed by atoms with E-state index in [-0.39, 0.29) is 5.15 Å². The molecule has 1 aromatic heterocycles. The molecule has 0 aliphatic heterocycles. The molecule has 1 fully saturated rings. The molecule has 0 saturated heterocycles. The first-order valence-electron chi connectivity index (χ1n) is 7.48. The van der Waals surface area contributed by atoms with Gasteiger partial charge in [0.15, 0.2) is 5.15 Å². The van der Waals surface area contributed by atoms with Gasteiger partial charge >= 0.3 is 0 Å². The maximum absolute atomic E-state index is 9.48. The predicted molar refractivity (Wildman–Crippen MR) is 91.3 cm³/mol. The minimum absolute atomic E-state index is 0.189. The van der Waals surface area contributed by atoms with E-state index in [2.05, 4.69) is 21.4 Å². The number of rotatable bonds is 3. The van der Waals surface area contributed by atoms with E-state index in [4.69, 9.17) is 11.6 Å². The van der Waals surface area contributed by atoms with Crippen LogP contribution in [-0.2, 0) is 0 Å². The fourth-order valence-corrected chi connectivity index (χ4v) is 2.85. The summed E-state index contributed by atoms with van der Waals surface area (Å²) in [6, 6.07) is 16.5. The lowest BCUT2D eigenvalue weighted by molar-refractivity contribution is 1.05. The minimum atomic E-state index is 0.189. The van der Waals surface area contributed by atoms with Crippen molar-refractivity contribution in [3.63, 3.8) is 0 Å². The van der Waals surface area contributed by atoms with E-state index in [1.807, 2.05) is 42.5 Å². The lowest BCUT2D eigenvalue weighted by Gasteiger charge is -2.11. The predicted octanol–water partition coefficient (Wildman–Crippen LogP) is 4.40. The van der Waals surface area contributed by atoms with Gasteiger partial charge in [-0.2, -0.15) is 10.2 Å². The van der Waals surface area contributed by atoms with Crippen molar-refractivity contribution in [2.75, 3.05) is 5.32 Å². The molecule has 1 aliphatic carbocycles. The summed E-state index contributed by atoms with van der Waals surface area (Å²) < 4.78 is 0. The molecule has 4 rings (SSSR count). The largest absolute Gasteiger partial charge is 0.351 e. The van der Waals surface area contributed by atoms with Crippen LogP contribution in [0, 0.1) is 11.3 Å². The molecule has 0 spiro atoms. The highest BCUT2D eigenvalue weighted by molar-refractivity contribution is 6.31. The van der Waals surface area contributed by atoms with Gasteiger partial charge in [-0.05, 0) is 23.6 Å². The number of nitriles is 1. The second-order valence-corrected chi connectivity index (χ2v) is 5.98.